The molecule has 4 aromatic rings. The summed E-state index contributed by atoms with van der Waals surface area (Å²) in [5, 5.41) is 19.9. The second kappa shape index (κ2) is 6.91. The molecule has 2 heterocycles. The summed E-state index contributed by atoms with van der Waals surface area (Å²) < 4.78 is -0.960. The van der Waals surface area contributed by atoms with Gasteiger partial charge < -0.3 is 10.1 Å². The van der Waals surface area contributed by atoms with E-state index in [2.05, 4.69) is 41.1 Å². The van der Waals surface area contributed by atoms with Crippen LogP contribution in [0.25, 0.3) is 21.8 Å². The first-order chi connectivity index (χ1) is 12.8. The Hall–Kier alpha value is -1.93. The van der Waals surface area contributed by atoms with Crippen molar-refractivity contribution in [1.29, 1.82) is 0 Å². The summed E-state index contributed by atoms with van der Waals surface area (Å²) in [4.78, 5) is 11.3. The normalized spacial score (nSPS) is 12.4. The first-order valence-electron chi connectivity index (χ1n) is 7.59. The highest BCUT2D eigenvalue weighted by atomic mass is 79.9. The number of rotatable bonds is 2. The lowest BCUT2D eigenvalue weighted by Gasteiger charge is -2.10. The van der Waals surface area contributed by atoms with Crippen LogP contribution in [-0.4, -0.2) is 20.1 Å². The summed E-state index contributed by atoms with van der Waals surface area (Å²) in [5.74, 6) is 0.114. The number of hydrogen-bond acceptors (Lipinski definition) is 5. The van der Waals surface area contributed by atoms with Crippen LogP contribution >= 0.6 is 50.7 Å². The van der Waals surface area contributed by atoms with E-state index in [0.717, 1.165) is 9.99 Å². The van der Waals surface area contributed by atoms with Gasteiger partial charge in [0.05, 0.1) is 11.0 Å². The molecule has 136 valence electrons. The molecule has 0 aliphatic carbocycles. The van der Waals surface area contributed by atoms with Crippen LogP contribution in [0.4, 0.5) is 11.5 Å². The van der Waals surface area contributed by atoms with Crippen molar-refractivity contribution < 1.29 is 5.11 Å². The summed E-state index contributed by atoms with van der Waals surface area (Å²) in [7, 11) is 0. The molecule has 4 rings (SSSR count). The molecule has 0 spiro atoms. The van der Waals surface area contributed by atoms with Gasteiger partial charge in [-0.3, -0.25) is 0 Å². The number of nitrogens with zero attached hydrogens (tertiary/aromatic N) is 4. The highest BCUT2D eigenvalue weighted by Gasteiger charge is 2.28. The molecule has 0 radical (unpaired) electrons. The first kappa shape index (κ1) is 18.4. The van der Waals surface area contributed by atoms with Crippen LogP contribution in [0.5, 0.6) is 5.88 Å². The van der Waals surface area contributed by atoms with Crippen molar-refractivity contribution in [3.63, 3.8) is 0 Å². The number of aromatic nitrogens is 3. The lowest BCUT2D eigenvalue weighted by molar-refractivity contribution is 0.459. The highest BCUT2D eigenvalue weighted by molar-refractivity contribution is 9.10. The van der Waals surface area contributed by atoms with Crippen molar-refractivity contribution in [3.8, 4) is 5.88 Å². The van der Waals surface area contributed by atoms with Crippen LogP contribution in [0.3, 0.4) is 0 Å². The van der Waals surface area contributed by atoms with Gasteiger partial charge in [0.25, 0.3) is 0 Å². The number of aromatic amines is 1. The monoisotopic (exact) mass is 483 g/mol. The number of hydrogen-bond donors (Lipinski definition) is 2. The summed E-state index contributed by atoms with van der Waals surface area (Å²) in [6, 6.07) is 12.7. The van der Waals surface area contributed by atoms with E-state index in [0.29, 0.717) is 16.3 Å². The summed E-state index contributed by atoms with van der Waals surface area (Å²) in [6.07, 6.45) is 0. The number of aromatic hydroxyl groups is 1. The molecule has 27 heavy (non-hydrogen) atoms. The standard InChI is InChI=1S/C17H9BrCl3N5O/c18-8-5-6-12-10(7-8)13(15(27)22-12)25-26-14-9-3-1-2-4-11(9)23-16(24-14)17(19,20)21/h1-7,22,27H. The van der Waals surface area contributed by atoms with Gasteiger partial charge in [-0.05, 0) is 30.3 Å². The average molecular weight is 486 g/mol. The second-order valence-electron chi connectivity index (χ2n) is 5.60. The number of halogens is 4. The number of fused-ring (bicyclic) bond motifs is 2. The van der Waals surface area contributed by atoms with Gasteiger partial charge in [-0.2, -0.15) is 0 Å². The van der Waals surface area contributed by atoms with E-state index >= 15 is 0 Å². The van der Waals surface area contributed by atoms with E-state index in [9.17, 15) is 5.11 Å². The summed E-state index contributed by atoms with van der Waals surface area (Å²) in [5.41, 5.74) is 1.57. The molecule has 0 fully saturated rings. The van der Waals surface area contributed by atoms with E-state index in [1.165, 1.54) is 0 Å². The van der Waals surface area contributed by atoms with E-state index in [1.54, 1.807) is 18.2 Å². The van der Waals surface area contributed by atoms with Crippen molar-refractivity contribution in [2.75, 3.05) is 0 Å². The van der Waals surface area contributed by atoms with Gasteiger partial charge in [-0.25, -0.2) is 9.97 Å². The Kier molecular flexibility index (Phi) is 4.71. The SMILES string of the molecule is Oc1[nH]c2ccc(Br)cc2c1N=Nc1nc(C(Cl)(Cl)Cl)nc2ccccc12. The zero-order valence-electron chi connectivity index (χ0n) is 13.3. The first-order valence-corrected chi connectivity index (χ1v) is 9.51. The number of benzene rings is 2. The minimum atomic E-state index is -1.80. The minimum absolute atomic E-state index is 0.00829. The van der Waals surface area contributed by atoms with E-state index < -0.39 is 3.79 Å². The number of H-pyrrole nitrogens is 1. The van der Waals surface area contributed by atoms with Gasteiger partial charge >= 0.3 is 0 Å². The molecule has 0 unspecified atom stereocenters. The molecule has 0 atom stereocenters. The average Bonchev–Trinajstić information content (AvgIpc) is 2.93. The Morgan fingerprint density at radius 2 is 1.78 bits per heavy atom. The van der Waals surface area contributed by atoms with Gasteiger partial charge in [0.15, 0.2) is 17.3 Å². The number of para-hydroxylation sites is 1. The van der Waals surface area contributed by atoms with Gasteiger partial charge in [0.2, 0.25) is 9.67 Å². The third-order valence-electron chi connectivity index (χ3n) is 3.80. The molecule has 2 N–H and O–H groups in total. The number of nitrogens with one attached hydrogen (secondary N) is 1. The third kappa shape index (κ3) is 3.60. The predicted octanol–water partition coefficient (Wildman–Crippen LogP) is 6.82. The van der Waals surface area contributed by atoms with Crippen molar-refractivity contribution in [2.45, 2.75) is 3.79 Å². The number of alkyl halides is 3. The van der Waals surface area contributed by atoms with Gasteiger partial charge in [0.1, 0.15) is 0 Å². The Bertz CT molecular complexity index is 1200. The van der Waals surface area contributed by atoms with Crippen LogP contribution in [0.2, 0.25) is 0 Å². The van der Waals surface area contributed by atoms with Crippen LogP contribution in [0.15, 0.2) is 57.2 Å². The van der Waals surface area contributed by atoms with Crippen molar-refractivity contribution >= 4 is 84.0 Å². The Labute approximate surface area is 176 Å². The summed E-state index contributed by atoms with van der Waals surface area (Å²) in [6.45, 7) is 0. The summed E-state index contributed by atoms with van der Waals surface area (Å²) >= 11 is 21.2. The molecular formula is C17H9BrCl3N5O. The molecule has 0 amide bonds. The molecule has 2 aromatic heterocycles. The fraction of sp³-hybridized carbons (Fsp3) is 0.0588. The maximum absolute atomic E-state index is 10.2. The molecule has 0 saturated carbocycles. The number of azo groups is 1. The second-order valence-corrected chi connectivity index (χ2v) is 8.79. The largest absolute Gasteiger partial charge is 0.493 e. The predicted molar refractivity (Wildman–Crippen MR) is 111 cm³/mol. The molecule has 6 nitrogen and oxygen atoms in total. The molecule has 10 heteroatoms. The fourth-order valence-corrected chi connectivity index (χ4v) is 3.21. The molecule has 0 aliphatic rings. The Morgan fingerprint density at radius 3 is 2.56 bits per heavy atom. The van der Waals surface area contributed by atoms with E-state index in [-0.39, 0.29) is 23.2 Å². The third-order valence-corrected chi connectivity index (χ3v) is 4.80. The Balaban J connectivity index is 1.89. The van der Waals surface area contributed by atoms with Gasteiger partial charge in [-0.15, -0.1) is 10.2 Å². The highest BCUT2D eigenvalue weighted by Crippen LogP contribution is 2.40. The van der Waals surface area contributed by atoms with Gasteiger partial charge in [0, 0.05) is 15.2 Å². The molecule has 0 bridgehead atoms. The van der Waals surface area contributed by atoms with Gasteiger partial charge in [-0.1, -0.05) is 62.9 Å². The molecule has 0 saturated heterocycles. The maximum atomic E-state index is 10.2. The maximum Gasteiger partial charge on any atom is 0.250 e. The van der Waals surface area contributed by atoms with Crippen molar-refractivity contribution in [3.05, 3.63) is 52.8 Å². The zero-order valence-corrected chi connectivity index (χ0v) is 17.1. The lowest BCUT2D eigenvalue weighted by Crippen LogP contribution is -2.07. The fourth-order valence-electron chi connectivity index (χ4n) is 2.60. The topological polar surface area (TPSA) is 86.5 Å². The van der Waals surface area contributed by atoms with Crippen molar-refractivity contribution in [1.82, 2.24) is 15.0 Å². The van der Waals surface area contributed by atoms with Crippen LogP contribution in [0.1, 0.15) is 5.82 Å². The van der Waals surface area contributed by atoms with Crippen molar-refractivity contribution in [2.24, 2.45) is 10.2 Å². The quantitative estimate of drug-likeness (QED) is 0.241. The van der Waals surface area contributed by atoms with Crippen LogP contribution < -0.4 is 0 Å². The minimum Gasteiger partial charge on any atom is -0.493 e. The van der Waals surface area contributed by atoms with E-state index in [4.69, 9.17) is 34.8 Å². The zero-order chi connectivity index (χ0) is 19.2. The molecule has 0 aliphatic heterocycles. The van der Waals surface area contributed by atoms with Crippen LogP contribution in [0, 0.1) is 0 Å². The van der Waals surface area contributed by atoms with E-state index in [1.807, 2.05) is 24.3 Å². The molecule has 2 aromatic carbocycles. The van der Waals surface area contributed by atoms with Crippen LogP contribution in [-0.2, 0) is 3.79 Å². The lowest BCUT2D eigenvalue weighted by atomic mass is 10.2. The Morgan fingerprint density at radius 1 is 1.00 bits per heavy atom. The smallest absolute Gasteiger partial charge is 0.250 e. The molecular weight excluding hydrogens is 476 g/mol.